The summed E-state index contributed by atoms with van der Waals surface area (Å²) in [6, 6.07) is 1.91. The monoisotopic (exact) mass is 254 g/mol. The van der Waals surface area contributed by atoms with Crippen LogP contribution in [0.4, 0.5) is 0 Å². The van der Waals surface area contributed by atoms with E-state index in [1.54, 1.807) is 0 Å². The maximum Gasteiger partial charge on any atom is 0.134 e. The van der Waals surface area contributed by atoms with Crippen molar-refractivity contribution in [3.8, 4) is 0 Å². The lowest BCUT2D eigenvalue weighted by Crippen LogP contribution is -1.99. The van der Waals surface area contributed by atoms with Gasteiger partial charge in [-0.25, -0.2) is 9.97 Å². The normalized spacial score (nSPS) is 21.6. The van der Waals surface area contributed by atoms with E-state index in [-0.39, 0.29) is 0 Å². The van der Waals surface area contributed by atoms with E-state index >= 15 is 0 Å². The molecule has 2 saturated carbocycles. The molecule has 2 fully saturated rings. The van der Waals surface area contributed by atoms with E-state index in [9.17, 15) is 0 Å². The van der Waals surface area contributed by atoms with E-state index in [0.717, 1.165) is 16.1 Å². The zero-order valence-corrected chi connectivity index (χ0v) is 10.7. The molecule has 86 valence electrons. The van der Waals surface area contributed by atoms with Gasteiger partial charge < -0.3 is 0 Å². The summed E-state index contributed by atoms with van der Waals surface area (Å²) in [6.45, 7) is 0. The Labute approximate surface area is 105 Å². The smallest absolute Gasteiger partial charge is 0.134 e. The summed E-state index contributed by atoms with van der Waals surface area (Å²) >= 11 is 7.93. The second-order valence-corrected chi connectivity index (χ2v) is 6.39. The molecule has 3 rings (SSSR count). The number of nitrogens with zero attached hydrogens (tertiary/aromatic N) is 2. The van der Waals surface area contributed by atoms with Crippen LogP contribution in [0.5, 0.6) is 0 Å². The minimum absolute atomic E-state index is 0.585. The Morgan fingerprint density at radius 2 is 1.88 bits per heavy atom. The minimum Gasteiger partial charge on any atom is -0.226 e. The van der Waals surface area contributed by atoms with Crippen LogP contribution in [-0.4, -0.2) is 15.2 Å². The van der Waals surface area contributed by atoms with Crippen molar-refractivity contribution < 1.29 is 0 Å². The Morgan fingerprint density at radius 1 is 1.12 bits per heavy atom. The molecule has 0 N–H and O–H groups in total. The third-order valence-corrected chi connectivity index (χ3v) is 4.67. The lowest BCUT2D eigenvalue weighted by atomic mass is 10.4. The topological polar surface area (TPSA) is 25.8 Å². The van der Waals surface area contributed by atoms with E-state index < -0.39 is 0 Å². The van der Waals surface area contributed by atoms with Gasteiger partial charge in [-0.05, 0) is 25.7 Å². The first-order valence-electron chi connectivity index (χ1n) is 6.02. The van der Waals surface area contributed by atoms with E-state index in [1.165, 1.54) is 38.5 Å². The van der Waals surface area contributed by atoms with Crippen molar-refractivity contribution in [2.24, 2.45) is 0 Å². The second kappa shape index (κ2) is 4.53. The first-order valence-corrected chi connectivity index (χ1v) is 7.28. The minimum atomic E-state index is 0.585. The van der Waals surface area contributed by atoms with Crippen LogP contribution in [-0.2, 0) is 0 Å². The van der Waals surface area contributed by atoms with Gasteiger partial charge in [0.25, 0.3) is 0 Å². The quantitative estimate of drug-likeness (QED) is 0.762. The summed E-state index contributed by atoms with van der Waals surface area (Å²) < 4.78 is 0. The van der Waals surface area contributed by atoms with Crippen molar-refractivity contribution in [3.63, 3.8) is 0 Å². The molecular formula is C12H15ClN2S. The molecule has 2 aliphatic rings. The number of thioether (sulfide) groups is 1. The van der Waals surface area contributed by atoms with Crippen molar-refractivity contribution in [1.29, 1.82) is 0 Å². The maximum absolute atomic E-state index is 6.04. The molecule has 0 spiro atoms. The first-order chi connectivity index (χ1) is 7.81. The van der Waals surface area contributed by atoms with Gasteiger partial charge in [0.15, 0.2) is 0 Å². The summed E-state index contributed by atoms with van der Waals surface area (Å²) in [4.78, 5) is 8.94. The van der Waals surface area contributed by atoms with Crippen LogP contribution in [0.1, 0.15) is 50.3 Å². The molecule has 0 aromatic carbocycles. The predicted octanol–water partition coefficient (Wildman–Crippen LogP) is 4.04. The Balaban J connectivity index is 1.76. The molecule has 0 saturated heterocycles. The van der Waals surface area contributed by atoms with E-state index in [2.05, 4.69) is 9.97 Å². The number of hydrogen-bond acceptors (Lipinski definition) is 3. The molecule has 1 aromatic heterocycles. The van der Waals surface area contributed by atoms with Gasteiger partial charge in [-0.2, -0.15) is 0 Å². The highest BCUT2D eigenvalue weighted by Gasteiger charge is 2.27. The van der Waals surface area contributed by atoms with Gasteiger partial charge in [0.2, 0.25) is 0 Å². The van der Waals surface area contributed by atoms with Crippen LogP contribution in [0.2, 0.25) is 5.15 Å². The summed E-state index contributed by atoms with van der Waals surface area (Å²) in [7, 11) is 0. The molecule has 2 aliphatic carbocycles. The largest absolute Gasteiger partial charge is 0.226 e. The van der Waals surface area contributed by atoms with Gasteiger partial charge in [-0.1, -0.05) is 24.4 Å². The number of halogens is 1. The van der Waals surface area contributed by atoms with Crippen LogP contribution in [0.3, 0.4) is 0 Å². The fourth-order valence-electron chi connectivity index (χ4n) is 2.18. The van der Waals surface area contributed by atoms with E-state index in [4.69, 9.17) is 11.6 Å². The predicted molar refractivity (Wildman–Crippen MR) is 67.1 cm³/mol. The van der Waals surface area contributed by atoms with Crippen LogP contribution in [0.15, 0.2) is 11.1 Å². The van der Waals surface area contributed by atoms with Crippen LogP contribution in [0, 0.1) is 0 Å². The lowest BCUT2D eigenvalue weighted by molar-refractivity contribution is 0.862. The highest BCUT2D eigenvalue weighted by atomic mass is 35.5. The molecule has 1 aromatic rings. The second-order valence-electron chi connectivity index (χ2n) is 4.69. The van der Waals surface area contributed by atoms with Crippen LogP contribution in [0.25, 0.3) is 0 Å². The van der Waals surface area contributed by atoms with Gasteiger partial charge in [0.1, 0.15) is 16.0 Å². The average molecular weight is 255 g/mol. The molecule has 0 atom stereocenters. The van der Waals surface area contributed by atoms with Gasteiger partial charge in [0, 0.05) is 17.2 Å². The molecule has 2 nitrogen and oxygen atoms in total. The molecule has 0 amide bonds. The third kappa shape index (κ3) is 2.51. The maximum atomic E-state index is 6.04. The summed E-state index contributed by atoms with van der Waals surface area (Å²) in [6.07, 6.45) is 7.84. The summed E-state index contributed by atoms with van der Waals surface area (Å²) in [5.74, 6) is 1.55. The first kappa shape index (κ1) is 10.8. The third-order valence-electron chi connectivity index (χ3n) is 3.22. The van der Waals surface area contributed by atoms with Gasteiger partial charge in [0.05, 0.1) is 0 Å². The molecule has 1 heterocycles. The SMILES string of the molecule is Clc1cc(SC2CCCC2)nc(C2CC2)n1. The Kier molecular flexibility index (Phi) is 3.07. The van der Waals surface area contributed by atoms with Gasteiger partial charge in [-0.15, -0.1) is 11.8 Å². The average Bonchev–Trinajstić information content (AvgIpc) is 2.98. The Hall–Kier alpha value is -0.280. The van der Waals surface area contributed by atoms with Crippen molar-refractivity contribution in [3.05, 3.63) is 17.0 Å². The fraction of sp³-hybridized carbons (Fsp3) is 0.667. The molecule has 0 radical (unpaired) electrons. The van der Waals surface area contributed by atoms with Crippen molar-refractivity contribution >= 4 is 23.4 Å². The summed E-state index contributed by atoms with van der Waals surface area (Å²) in [5.41, 5.74) is 0. The van der Waals surface area contributed by atoms with E-state index in [1.807, 2.05) is 17.8 Å². The molecule has 16 heavy (non-hydrogen) atoms. The Morgan fingerprint density at radius 3 is 2.56 bits per heavy atom. The van der Waals surface area contributed by atoms with Crippen LogP contribution >= 0.6 is 23.4 Å². The van der Waals surface area contributed by atoms with Gasteiger partial charge in [-0.3, -0.25) is 0 Å². The van der Waals surface area contributed by atoms with Crippen molar-refractivity contribution in [2.75, 3.05) is 0 Å². The number of rotatable bonds is 3. The zero-order valence-electron chi connectivity index (χ0n) is 9.16. The number of hydrogen-bond donors (Lipinski definition) is 0. The molecular weight excluding hydrogens is 240 g/mol. The highest BCUT2D eigenvalue weighted by molar-refractivity contribution is 7.99. The standard InChI is InChI=1S/C12H15ClN2S/c13-10-7-11(16-9-3-1-2-4-9)15-12(14-10)8-5-6-8/h7-9H,1-6H2. The van der Waals surface area contributed by atoms with Crippen molar-refractivity contribution in [1.82, 2.24) is 9.97 Å². The Bertz CT molecular complexity index is 387. The van der Waals surface area contributed by atoms with E-state index in [0.29, 0.717) is 11.1 Å². The fourth-order valence-corrected chi connectivity index (χ4v) is 3.67. The highest BCUT2D eigenvalue weighted by Crippen LogP contribution is 2.40. The molecule has 0 unspecified atom stereocenters. The zero-order chi connectivity index (χ0) is 11.0. The lowest BCUT2D eigenvalue weighted by Gasteiger charge is -2.08. The summed E-state index contributed by atoms with van der Waals surface area (Å²) in [5, 5.41) is 2.43. The molecule has 0 aliphatic heterocycles. The van der Waals surface area contributed by atoms with Crippen molar-refractivity contribution in [2.45, 2.75) is 54.7 Å². The van der Waals surface area contributed by atoms with Crippen LogP contribution < -0.4 is 0 Å². The number of aromatic nitrogens is 2. The molecule has 0 bridgehead atoms. The molecule has 4 heteroatoms. The van der Waals surface area contributed by atoms with Gasteiger partial charge >= 0.3 is 0 Å².